The van der Waals surface area contributed by atoms with Crippen LogP contribution in [0.15, 0.2) is 48.0 Å². The van der Waals surface area contributed by atoms with Crippen molar-refractivity contribution in [3.05, 3.63) is 70.3 Å². The van der Waals surface area contributed by atoms with E-state index in [1.165, 1.54) is 0 Å². The lowest BCUT2D eigenvalue weighted by atomic mass is 9.94. The lowest BCUT2D eigenvalue weighted by Gasteiger charge is -2.25. The van der Waals surface area contributed by atoms with Gasteiger partial charge in [-0.15, -0.1) is 0 Å². The van der Waals surface area contributed by atoms with Crippen LogP contribution in [0.4, 0.5) is 0 Å². The fourth-order valence-corrected chi connectivity index (χ4v) is 3.81. The SMILES string of the molecule is CCCCN1C(=O)C(=O)/C(=C(\O)c2ccc(OC)c(C)c2)C1c1cccc(C)c1. The Bertz CT molecular complexity index is 977. The molecule has 0 aliphatic carbocycles. The van der Waals surface area contributed by atoms with E-state index in [4.69, 9.17) is 4.74 Å². The van der Waals surface area contributed by atoms with Crippen molar-refractivity contribution in [3.63, 3.8) is 0 Å². The maximum Gasteiger partial charge on any atom is 0.295 e. The summed E-state index contributed by atoms with van der Waals surface area (Å²) in [4.78, 5) is 27.3. The Hall–Kier alpha value is -3.08. The summed E-state index contributed by atoms with van der Waals surface area (Å²) in [6, 6.07) is 12.4. The second-order valence-corrected chi connectivity index (χ2v) is 7.44. The molecule has 2 aromatic carbocycles. The first-order valence-electron chi connectivity index (χ1n) is 9.89. The predicted molar refractivity (Wildman–Crippen MR) is 113 cm³/mol. The molecule has 0 radical (unpaired) electrons. The van der Waals surface area contributed by atoms with E-state index in [9.17, 15) is 14.7 Å². The number of benzene rings is 2. The molecular weight excluding hydrogens is 366 g/mol. The van der Waals surface area contributed by atoms with E-state index in [0.29, 0.717) is 17.9 Å². The molecule has 1 aliphatic rings. The number of amides is 1. The molecule has 0 saturated carbocycles. The van der Waals surface area contributed by atoms with Crippen LogP contribution in [-0.2, 0) is 9.59 Å². The number of aryl methyl sites for hydroxylation is 2. The molecule has 0 aromatic heterocycles. The number of aliphatic hydroxyl groups excluding tert-OH is 1. The quantitative estimate of drug-likeness (QED) is 0.445. The number of nitrogens with zero attached hydrogens (tertiary/aromatic N) is 1. The average molecular weight is 393 g/mol. The van der Waals surface area contributed by atoms with Gasteiger partial charge in [-0.05, 0) is 49.6 Å². The van der Waals surface area contributed by atoms with Gasteiger partial charge in [0.25, 0.3) is 11.7 Å². The molecule has 1 heterocycles. The van der Waals surface area contributed by atoms with Crippen LogP contribution in [0.1, 0.15) is 48.1 Å². The molecule has 1 N–H and O–H groups in total. The van der Waals surface area contributed by atoms with Crippen LogP contribution < -0.4 is 4.74 Å². The molecule has 1 atom stereocenters. The Balaban J connectivity index is 2.17. The minimum Gasteiger partial charge on any atom is -0.507 e. The molecule has 1 fully saturated rings. The second kappa shape index (κ2) is 8.52. The molecule has 152 valence electrons. The van der Waals surface area contributed by atoms with Crippen LogP contribution in [0.2, 0.25) is 0 Å². The number of methoxy groups -OCH3 is 1. The van der Waals surface area contributed by atoms with Gasteiger partial charge in [0.15, 0.2) is 0 Å². The Morgan fingerprint density at radius 1 is 1.14 bits per heavy atom. The number of carbonyl (C=O) groups is 2. The Labute approximate surface area is 171 Å². The van der Waals surface area contributed by atoms with Crippen molar-refractivity contribution in [2.45, 2.75) is 39.7 Å². The smallest absolute Gasteiger partial charge is 0.295 e. The topological polar surface area (TPSA) is 66.8 Å². The molecule has 5 nitrogen and oxygen atoms in total. The standard InChI is InChI=1S/C24H27NO4/c1-5-6-12-25-21(17-9-7-8-15(2)13-17)20(23(27)24(25)28)22(26)18-10-11-19(29-4)16(3)14-18/h7-11,13-14,21,26H,5-6,12H2,1-4H3/b22-20-. The highest BCUT2D eigenvalue weighted by atomic mass is 16.5. The number of Topliss-reactive ketones (excluding diaryl/α,β-unsaturated/α-hetero) is 1. The third-order valence-corrected chi connectivity index (χ3v) is 5.32. The summed E-state index contributed by atoms with van der Waals surface area (Å²) in [6.07, 6.45) is 1.69. The molecule has 1 saturated heterocycles. The normalized spacial score (nSPS) is 18.3. The Morgan fingerprint density at radius 2 is 1.90 bits per heavy atom. The molecule has 5 heteroatoms. The van der Waals surface area contributed by atoms with Crippen molar-refractivity contribution >= 4 is 17.4 Å². The zero-order valence-electron chi connectivity index (χ0n) is 17.4. The van der Waals surface area contributed by atoms with Crippen LogP contribution in [0.5, 0.6) is 5.75 Å². The van der Waals surface area contributed by atoms with Gasteiger partial charge < -0.3 is 14.7 Å². The van der Waals surface area contributed by atoms with E-state index in [0.717, 1.165) is 29.5 Å². The number of hydrogen-bond donors (Lipinski definition) is 1. The number of aliphatic hydroxyl groups is 1. The van der Waals surface area contributed by atoms with Gasteiger partial charge >= 0.3 is 0 Å². The van der Waals surface area contributed by atoms with E-state index in [-0.39, 0.29) is 11.3 Å². The number of ketones is 1. The van der Waals surface area contributed by atoms with E-state index in [1.54, 1.807) is 30.2 Å². The number of unbranched alkanes of at least 4 members (excludes halogenated alkanes) is 1. The minimum atomic E-state index is -0.640. The van der Waals surface area contributed by atoms with Gasteiger partial charge in [0.1, 0.15) is 11.5 Å². The molecular formula is C24H27NO4. The van der Waals surface area contributed by atoms with E-state index in [1.807, 2.05) is 45.0 Å². The number of hydrogen-bond acceptors (Lipinski definition) is 4. The lowest BCUT2D eigenvalue weighted by Crippen LogP contribution is -2.30. The number of ether oxygens (including phenoxy) is 1. The van der Waals surface area contributed by atoms with Gasteiger partial charge in [-0.25, -0.2) is 0 Å². The monoisotopic (exact) mass is 393 g/mol. The van der Waals surface area contributed by atoms with Crippen LogP contribution in [0.3, 0.4) is 0 Å². The molecule has 0 bridgehead atoms. The maximum atomic E-state index is 12.9. The fourth-order valence-electron chi connectivity index (χ4n) is 3.81. The Kier molecular flexibility index (Phi) is 6.06. The molecule has 29 heavy (non-hydrogen) atoms. The summed E-state index contributed by atoms with van der Waals surface area (Å²) < 4.78 is 5.28. The minimum absolute atomic E-state index is 0.140. The van der Waals surface area contributed by atoms with Gasteiger partial charge in [-0.2, -0.15) is 0 Å². The number of rotatable bonds is 6. The number of carbonyl (C=O) groups excluding carboxylic acids is 2. The summed E-state index contributed by atoms with van der Waals surface area (Å²) in [7, 11) is 1.58. The van der Waals surface area contributed by atoms with E-state index < -0.39 is 17.7 Å². The zero-order chi connectivity index (χ0) is 21.1. The summed E-state index contributed by atoms with van der Waals surface area (Å²) >= 11 is 0. The van der Waals surface area contributed by atoms with Crippen LogP contribution in [-0.4, -0.2) is 35.4 Å². The van der Waals surface area contributed by atoms with Gasteiger partial charge in [0.2, 0.25) is 0 Å². The lowest BCUT2D eigenvalue weighted by molar-refractivity contribution is -0.139. The first kappa shape index (κ1) is 20.6. The summed E-state index contributed by atoms with van der Waals surface area (Å²) in [5.41, 5.74) is 3.33. The third-order valence-electron chi connectivity index (χ3n) is 5.32. The van der Waals surface area contributed by atoms with E-state index >= 15 is 0 Å². The van der Waals surface area contributed by atoms with Crippen LogP contribution in [0, 0.1) is 13.8 Å². The summed E-state index contributed by atoms with van der Waals surface area (Å²) in [5, 5.41) is 11.1. The van der Waals surface area contributed by atoms with Crippen molar-refractivity contribution < 1.29 is 19.4 Å². The summed E-state index contributed by atoms with van der Waals surface area (Å²) in [6.45, 7) is 6.35. The van der Waals surface area contributed by atoms with Gasteiger partial charge in [-0.1, -0.05) is 43.2 Å². The predicted octanol–water partition coefficient (Wildman–Crippen LogP) is 4.53. The highest BCUT2D eigenvalue weighted by Gasteiger charge is 2.45. The number of likely N-dealkylation sites (tertiary alicyclic amines) is 1. The highest BCUT2D eigenvalue weighted by molar-refractivity contribution is 6.46. The van der Waals surface area contributed by atoms with Gasteiger partial charge in [-0.3, -0.25) is 9.59 Å². The first-order valence-corrected chi connectivity index (χ1v) is 9.89. The largest absolute Gasteiger partial charge is 0.507 e. The fraction of sp³-hybridized carbons (Fsp3) is 0.333. The molecule has 1 amide bonds. The van der Waals surface area contributed by atoms with Crippen LogP contribution in [0.25, 0.3) is 5.76 Å². The average Bonchev–Trinajstić information content (AvgIpc) is 2.96. The first-order chi connectivity index (χ1) is 13.9. The zero-order valence-corrected chi connectivity index (χ0v) is 17.4. The van der Waals surface area contributed by atoms with Crippen molar-refractivity contribution in [1.82, 2.24) is 4.90 Å². The highest BCUT2D eigenvalue weighted by Crippen LogP contribution is 2.40. The van der Waals surface area contributed by atoms with Crippen molar-refractivity contribution in [3.8, 4) is 5.75 Å². The van der Waals surface area contributed by atoms with Crippen molar-refractivity contribution in [1.29, 1.82) is 0 Å². The maximum absolute atomic E-state index is 12.9. The molecule has 0 spiro atoms. The van der Waals surface area contributed by atoms with Gasteiger partial charge in [0.05, 0.1) is 18.7 Å². The van der Waals surface area contributed by atoms with Crippen LogP contribution >= 0.6 is 0 Å². The van der Waals surface area contributed by atoms with Crippen molar-refractivity contribution in [2.75, 3.05) is 13.7 Å². The van der Waals surface area contributed by atoms with Crippen molar-refractivity contribution in [2.24, 2.45) is 0 Å². The third kappa shape index (κ3) is 3.90. The Morgan fingerprint density at radius 3 is 2.52 bits per heavy atom. The molecule has 3 rings (SSSR count). The van der Waals surface area contributed by atoms with Gasteiger partial charge in [0, 0.05) is 12.1 Å². The second-order valence-electron chi connectivity index (χ2n) is 7.44. The molecule has 1 aliphatic heterocycles. The summed E-state index contributed by atoms with van der Waals surface area (Å²) in [5.74, 6) is -0.657. The van der Waals surface area contributed by atoms with E-state index in [2.05, 4.69) is 0 Å². The molecule has 2 aromatic rings. The molecule has 1 unspecified atom stereocenters.